The average Bonchev–Trinajstić information content (AvgIpc) is 2.64. The lowest BCUT2D eigenvalue weighted by atomic mass is 9.92. The molecule has 0 aromatic carbocycles. The Morgan fingerprint density at radius 3 is 2.53 bits per heavy atom. The first-order valence-electron chi connectivity index (χ1n) is 5.82. The maximum Gasteiger partial charge on any atom is 0.233 e. The van der Waals surface area contributed by atoms with Crippen molar-refractivity contribution in [3.63, 3.8) is 0 Å². The summed E-state index contributed by atoms with van der Waals surface area (Å²) < 4.78 is 18.8. The van der Waals surface area contributed by atoms with Crippen molar-refractivity contribution >= 4 is 0 Å². The zero-order chi connectivity index (χ0) is 12.5. The molecule has 0 aliphatic carbocycles. The van der Waals surface area contributed by atoms with Gasteiger partial charge in [0.05, 0.1) is 5.69 Å². The number of hydrogen-bond acceptors (Lipinski definition) is 4. The van der Waals surface area contributed by atoms with E-state index in [1.165, 1.54) is 0 Å². The van der Waals surface area contributed by atoms with Crippen molar-refractivity contribution in [3.05, 3.63) is 17.8 Å². The summed E-state index contributed by atoms with van der Waals surface area (Å²) in [6, 6.07) is 3.62. The Hall–Kier alpha value is -1.23. The Kier molecular flexibility index (Phi) is 3.28. The van der Waals surface area contributed by atoms with Gasteiger partial charge in [0, 0.05) is 24.6 Å². The number of halogens is 1. The minimum absolute atomic E-state index is 0.0386. The van der Waals surface area contributed by atoms with Gasteiger partial charge in [0.15, 0.2) is 6.17 Å². The second kappa shape index (κ2) is 4.56. The predicted octanol–water partition coefficient (Wildman–Crippen LogP) is 1.46. The van der Waals surface area contributed by atoms with Gasteiger partial charge in [-0.3, -0.25) is 0 Å². The number of rotatable bonds is 2. The van der Waals surface area contributed by atoms with Gasteiger partial charge in [-0.1, -0.05) is 20.8 Å². The van der Waals surface area contributed by atoms with E-state index in [1.54, 1.807) is 6.07 Å². The van der Waals surface area contributed by atoms with E-state index in [0.29, 0.717) is 19.0 Å². The van der Waals surface area contributed by atoms with Crippen LogP contribution in [0.4, 0.5) is 4.39 Å². The van der Waals surface area contributed by atoms with E-state index < -0.39 is 12.3 Å². The van der Waals surface area contributed by atoms with Gasteiger partial charge in [-0.15, -0.1) is 5.10 Å². The molecular weight excluding hydrogens is 221 g/mol. The van der Waals surface area contributed by atoms with E-state index in [-0.39, 0.29) is 5.41 Å². The number of nitrogens with one attached hydrogen (secondary N) is 1. The summed E-state index contributed by atoms with van der Waals surface area (Å²) in [6.07, 6.45) is -1.43. The van der Waals surface area contributed by atoms with E-state index in [1.807, 2.05) is 6.07 Å². The van der Waals surface area contributed by atoms with Gasteiger partial charge >= 0.3 is 0 Å². The lowest BCUT2D eigenvalue weighted by Crippen LogP contribution is -2.27. The highest BCUT2D eigenvalue weighted by molar-refractivity contribution is 5.17. The molecule has 94 valence electrons. The third-order valence-electron chi connectivity index (χ3n) is 2.77. The molecule has 0 spiro atoms. The maximum atomic E-state index is 13.3. The van der Waals surface area contributed by atoms with Gasteiger partial charge in [0.2, 0.25) is 5.88 Å². The summed E-state index contributed by atoms with van der Waals surface area (Å²) in [7, 11) is 0. The quantitative estimate of drug-likeness (QED) is 0.849. The molecule has 2 rings (SSSR count). The van der Waals surface area contributed by atoms with Crippen molar-refractivity contribution in [2.75, 3.05) is 13.1 Å². The van der Waals surface area contributed by atoms with E-state index in [9.17, 15) is 4.39 Å². The second-order valence-electron chi connectivity index (χ2n) is 5.34. The first-order valence-corrected chi connectivity index (χ1v) is 5.82. The monoisotopic (exact) mass is 239 g/mol. The molecule has 5 heteroatoms. The Morgan fingerprint density at radius 2 is 2.06 bits per heavy atom. The SMILES string of the molecule is CC(C)(C)c1ccc(O[C@H]2CNC[C@@H]2F)nn1. The fraction of sp³-hybridized carbons (Fsp3) is 0.667. The smallest absolute Gasteiger partial charge is 0.233 e. The van der Waals surface area contributed by atoms with Crippen LogP contribution in [-0.2, 0) is 5.41 Å². The zero-order valence-electron chi connectivity index (χ0n) is 10.4. The summed E-state index contributed by atoms with van der Waals surface area (Å²) in [5, 5.41) is 11.0. The van der Waals surface area contributed by atoms with Gasteiger partial charge in [-0.2, -0.15) is 5.10 Å². The van der Waals surface area contributed by atoms with Crippen molar-refractivity contribution in [1.82, 2.24) is 15.5 Å². The van der Waals surface area contributed by atoms with Gasteiger partial charge in [0.25, 0.3) is 0 Å². The van der Waals surface area contributed by atoms with Crippen molar-refractivity contribution in [1.29, 1.82) is 0 Å². The van der Waals surface area contributed by atoms with Crippen molar-refractivity contribution < 1.29 is 9.13 Å². The molecule has 1 aliphatic heterocycles. The van der Waals surface area contributed by atoms with Crippen molar-refractivity contribution in [2.24, 2.45) is 0 Å². The van der Waals surface area contributed by atoms with Crippen LogP contribution in [0.5, 0.6) is 5.88 Å². The molecule has 2 heterocycles. The minimum Gasteiger partial charge on any atom is -0.469 e. The molecule has 1 aliphatic rings. The molecule has 0 radical (unpaired) electrons. The average molecular weight is 239 g/mol. The molecule has 2 atom stereocenters. The fourth-order valence-electron chi connectivity index (χ4n) is 1.68. The van der Waals surface area contributed by atoms with E-state index >= 15 is 0 Å². The minimum atomic E-state index is -0.973. The van der Waals surface area contributed by atoms with Crippen LogP contribution >= 0.6 is 0 Å². The summed E-state index contributed by atoms with van der Waals surface area (Å²) in [4.78, 5) is 0. The van der Waals surface area contributed by atoms with Gasteiger partial charge in [-0.05, 0) is 6.07 Å². The fourth-order valence-corrected chi connectivity index (χ4v) is 1.68. The number of alkyl halides is 1. The Bertz CT molecular complexity index is 374. The third kappa shape index (κ3) is 2.91. The lowest BCUT2D eigenvalue weighted by Gasteiger charge is -2.18. The first kappa shape index (κ1) is 12.2. The Labute approximate surface area is 101 Å². The highest BCUT2D eigenvalue weighted by atomic mass is 19.1. The summed E-state index contributed by atoms with van der Waals surface area (Å²) in [5.41, 5.74) is 0.856. The number of ether oxygens (including phenoxy) is 1. The van der Waals surface area contributed by atoms with Crippen LogP contribution in [0.15, 0.2) is 12.1 Å². The van der Waals surface area contributed by atoms with Crippen LogP contribution in [0.25, 0.3) is 0 Å². The third-order valence-corrected chi connectivity index (χ3v) is 2.77. The first-order chi connectivity index (χ1) is 7.97. The van der Waals surface area contributed by atoms with E-state index in [4.69, 9.17) is 4.74 Å². The molecule has 0 saturated carbocycles. The van der Waals surface area contributed by atoms with Gasteiger partial charge < -0.3 is 10.1 Å². The molecule has 1 aromatic heterocycles. The van der Waals surface area contributed by atoms with Crippen LogP contribution in [0.2, 0.25) is 0 Å². The van der Waals surface area contributed by atoms with Crippen molar-refractivity contribution in [2.45, 2.75) is 38.5 Å². The normalized spacial score (nSPS) is 24.9. The molecule has 0 bridgehead atoms. The maximum absolute atomic E-state index is 13.3. The molecule has 4 nitrogen and oxygen atoms in total. The molecule has 0 unspecified atom stereocenters. The zero-order valence-corrected chi connectivity index (χ0v) is 10.4. The highest BCUT2D eigenvalue weighted by Crippen LogP contribution is 2.21. The van der Waals surface area contributed by atoms with Gasteiger partial charge in [0.1, 0.15) is 6.10 Å². The van der Waals surface area contributed by atoms with E-state index in [0.717, 1.165) is 5.69 Å². The summed E-state index contributed by atoms with van der Waals surface area (Å²) in [6.45, 7) is 7.06. The molecule has 1 saturated heterocycles. The van der Waals surface area contributed by atoms with Crippen LogP contribution in [0, 0.1) is 0 Å². The highest BCUT2D eigenvalue weighted by Gasteiger charge is 2.29. The largest absolute Gasteiger partial charge is 0.469 e. The van der Waals surface area contributed by atoms with Crippen LogP contribution < -0.4 is 10.1 Å². The standard InChI is InChI=1S/C12H18FN3O/c1-12(2,3)10-4-5-11(16-15-10)17-9-7-14-6-8(9)13/h4-5,8-9,14H,6-7H2,1-3H3/t8-,9-/m0/s1. The molecular formula is C12H18FN3O. The Morgan fingerprint density at radius 1 is 1.29 bits per heavy atom. The Balaban J connectivity index is 2.03. The van der Waals surface area contributed by atoms with Crippen LogP contribution in [0.3, 0.4) is 0 Å². The molecule has 1 aromatic rings. The molecule has 1 N–H and O–H groups in total. The van der Waals surface area contributed by atoms with Crippen LogP contribution in [-0.4, -0.2) is 35.6 Å². The molecule has 17 heavy (non-hydrogen) atoms. The summed E-state index contributed by atoms with van der Waals surface area (Å²) >= 11 is 0. The summed E-state index contributed by atoms with van der Waals surface area (Å²) in [5.74, 6) is 0.384. The number of nitrogens with zero attached hydrogens (tertiary/aromatic N) is 2. The topological polar surface area (TPSA) is 47.0 Å². The van der Waals surface area contributed by atoms with Gasteiger partial charge in [-0.25, -0.2) is 4.39 Å². The lowest BCUT2D eigenvalue weighted by molar-refractivity contribution is 0.133. The van der Waals surface area contributed by atoms with E-state index in [2.05, 4.69) is 36.3 Å². The molecule has 1 fully saturated rings. The number of hydrogen-bond donors (Lipinski definition) is 1. The second-order valence-corrected chi connectivity index (χ2v) is 5.34. The predicted molar refractivity (Wildman–Crippen MR) is 62.9 cm³/mol. The van der Waals surface area contributed by atoms with Crippen molar-refractivity contribution in [3.8, 4) is 5.88 Å². The molecule has 0 amide bonds. The number of aromatic nitrogens is 2. The van der Waals surface area contributed by atoms with Crippen LogP contribution in [0.1, 0.15) is 26.5 Å².